The average molecular weight is 564 g/mol. The monoisotopic (exact) mass is 563 g/mol. The number of anilines is 2. The van der Waals surface area contributed by atoms with Gasteiger partial charge >= 0.3 is 5.97 Å². The fraction of sp³-hybridized carbons (Fsp3) is 0.345. The molecule has 0 saturated carbocycles. The number of aliphatic carboxylic acids is 1. The first-order valence-corrected chi connectivity index (χ1v) is 14.8. The molecule has 3 N–H and O–H groups in total. The van der Waals surface area contributed by atoms with E-state index in [1.54, 1.807) is 32.2 Å². The lowest BCUT2D eigenvalue weighted by atomic mass is 10.1. The Bertz CT molecular complexity index is 1660. The summed E-state index contributed by atoms with van der Waals surface area (Å²) >= 11 is 0. The minimum Gasteiger partial charge on any atom is -0.493 e. The van der Waals surface area contributed by atoms with Crippen LogP contribution < -0.4 is 14.8 Å². The van der Waals surface area contributed by atoms with Crippen molar-refractivity contribution in [1.29, 1.82) is 0 Å². The predicted octanol–water partition coefficient (Wildman–Crippen LogP) is 4.23. The largest absolute Gasteiger partial charge is 0.493 e. The molecule has 2 aromatic carbocycles. The summed E-state index contributed by atoms with van der Waals surface area (Å²) in [5.74, 6) is 0.139. The van der Waals surface area contributed by atoms with Crippen LogP contribution in [0.1, 0.15) is 34.4 Å². The first-order chi connectivity index (χ1) is 19.1. The second-order valence-corrected chi connectivity index (χ2v) is 12.1. The van der Waals surface area contributed by atoms with Gasteiger partial charge in [-0.25, -0.2) is 13.4 Å². The van der Waals surface area contributed by atoms with Gasteiger partial charge in [-0.2, -0.15) is 5.10 Å². The number of pyridine rings is 1. The van der Waals surface area contributed by atoms with Gasteiger partial charge in [-0.05, 0) is 74.6 Å². The minimum absolute atomic E-state index is 0.351. The topological polar surface area (TPSA) is 135 Å². The Hall–Kier alpha value is -4.12. The molecular formula is C29H33N5O5S. The maximum absolute atomic E-state index is 13.2. The lowest BCUT2D eigenvalue weighted by Crippen LogP contribution is -2.38. The summed E-state index contributed by atoms with van der Waals surface area (Å²) in [4.78, 5) is 16.8. The van der Waals surface area contributed by atoms with Crippen LogP contribution in [0.25, 0.3) is 10.9 Å². The molecule has 1 atom stereocenters. The van der Waals surface area contributed by atoms with Gasteiger partial charge in [0.05, 0.1) is 30.6 Å². The van der Waals surface area contributed by atoms with Crippen molar-refractivity contribution in [2.75, 3.05) is 23.2 Å². The van der Waals surface area contributed by atoms with Crippen LogP contribution in [0.2, 0.25) is 0 Å². The summed E-state index contributed by atoms with van der Waals surface area (Å²) in [6.45, 7) is 6.52. The first kappa shape index (κ1) is 27.4. The number of hydrogen-bond acceptors (Lipinski definition) is 7. The minimum atomic E-state index is -4.28. The smallest absolute Gasteiger partial charge is 0.325 e. The van der Waals surface area contributed by atoms with Crippen molar-refractivity contribution in [3.8, 4) is 5.75 Å². The number of hydrogen-bond donors (Lipinski definition) is 3. The van der Waals surface area contributed by atoms with E-state index in [1.807, 2.05) is 31.2 Å². The van der Waals surface area contributed by atoms with Crippen LogP contribution in [-0.4, -0.2) is 52.7 Å². The lowest BCUT2D eigenvalue weighted by Gasteiger charge is -2.19. The van der Waals surface area contributed by atoms with Gasteiger partial charge in [0.1, 0.15) is 11.6 Å². The molecule has 5 rings (SSSR count). The normalized spacial score (nSPS) is 13.9. The van der Waals surface area contributed by atoms with Gasteiger partial charge in [-0.15, -0.1) is 0 Å². The number of benzene rings is 2. The molecule has 40 heavy (non-hydrogen) atoms. The number of nitrogens with zero attached hydrogens (tertiary/aromatic N) is 3. The summed E-state index contributed by atoms with van der Waals surface area (Å²) < 4.78 is 36.3. The molecule has 2 aromatic heterocycles. The summed E-state index contributed by atoms with van der Waals surface area (Å²) in [7, 11) is -4.28. The number of ether oxygens (including phenoxy) is 1. The van der Waals surface area contributed by atoms with Crippen LogP contribution in [0.3, 0.4) is 0 Å². The highest BCUT2D eigenvalue weighted by molar-refractivity contribution is 7.94. The number of nitrogens with one attached hydrogen (secondary N) is 2. The molecule has 0 aliphatic carbocycles. The predicted molar refractivity (Wildman–Crippen MR) is 155 cm³/mol. The highest BCUT2D eigenvalue weighted by Crippen LogP contribution is 2.26. The number of carboxylic acid groups (broad SMARTS) is 1. The third kappa shape index (κ3) is 5.89. The SMILES string of the molecule is Cc1cc(C)c(NS(=O)(=O)C(Cn2ncc3cc(OCCc4ccc5c(n4)NCCC5)ccc32)C(=O)O)c(C)c1. The van der Waals surface area contributed by atoms with Crippen molar-refractivity contribution in [3.63, 3.8) is 0 Å². The van der Waals surface area contributed by atoms with E-state index < -0.39 is 21.2 Å². The van der Waals surface area contributed by atoms with E-state index in [-0.39, 0.29) is 6.54 Å². The highest BCUT2D eigenvalue weighted by atomic mass is 32.2. The van der Waals surface area contributed by atoms with Crippen molar-refractivity contribution in [3.05, 3.63) is 76.6 Å². The van der Waals surface area contributed by atoms with Gasteiger partial charge in [0.15, 0.2) is 5.25 Å². The van der Waals surface area contributed by atoms with Crippen molar-refractivity contribution in [1.82, 2.24) is 14.8 Å². The molecule has 1 aliphatic heterocycles. The quantitative estimate of drug-likeness (QED) is 0.261. The van der Waals surface area contributed by atoms with Gasteiger partial charge in [-0.1, -0.05) is 23.8 Å². The number of carboxylic acids is 1. The van der Waals surface area contributed by atoms with E-state index in [4.69, 9.17) is 9.72 Å². The molecule has 11 heteroatoms. The van der Waals surface area contributed by atoms with Gasteiger partial charge < -0.3 is 15.2 Å². The summed E-state index contributed by atoms with van der Waals surface area (Å²) in [5.41, 5.74) is 5.64. The zero-order valence-corrected chi connectivity index (χ0v) is 23.6. The van der Waals surface area contributed by atoms with E-state index >= 15 is 0 Å². The summed E-state index contributed by atoms with van der Waals surface area (Å²) in [5, 5.41) is 16.4. The molecule has 0 fully saturated rings. The van der Waals surface area contributed by atoms with E-state index in [0.29, 0.717) is 35.4 Å². The average Bonchev–Trinajstić information content (AvgIpc) is 3.31. The van der Waals surface area contributed by atoms with Crippen LogP contribution >= 0.6 is 0 Å². The summed E-state index contributed by atoms with van der Waals surface area (Å²) in [6, 6.07) is 13.2. The molecule has 1 unspecified atom stereocenters. The molecule has 0 spiro atoms. The third-order valence-electron chi connectivity index (χ3n) is 7.10. The number of aryl methyl sites for hydroxylation is 4. The molecule has 10 nitrogen and oxygen atoms in total. The van der Waals surface area contributed by atoms with Crippen LogP contribution in [0, 0.1) is 20.8 Å². The van der Waals surface area contributed by atoms with Crippen molar-refractivity contribution in [2.24, 2.45) is 0 Å². The zero-order valence-electron chi connectivity index (χ0n) is 22.8. The van der Waals surface area contributed by atoms with Crippen molar-refractivity contribution >= 4 is 38.4 Å². The summed E-state index contributed by atoms with van der Waals surface area (Å²) in [6.07, 6.45) is 4.39. The third-order valence-corrected chi connectivity index (χ3v) is 8.69. The number of carbonyl (C=O) groups is 1. The second kappa shape index (κ2) is 11.2. The Morgan fingerprint density at radius 3 is 2.67 bits per heavy atom. The Labute approximate surface area is 233 Å². The Morgan fingerprint density at radius 1 is 1.15 bits per heavy atom. The van der Waals surface area contributed by atoms with Crippen LogP contribution in [0.4, 0.5) is 11.5 Å². The van der Waals surface area contributed by atoms with E-state index in [2.05, 4.69) is 21.2 Å². The van der Waals surface area contributed by atoms with Crippen LogP contribution in [0.15, 0.2) is 48.7 Å². The Kier molecular flexibility index (Phi) is 7.66. The second-order valence-electron chi connectivity index (χ2n) is 10.2. The standard InChI is InChI=1S/C29H33N5O5S/c1-18-13-19(2)27(20(3)14-18)33-40(37,38)26(29(35)36)17-34-25-9-8-24(15-22(25)16-31-34)39-12-10-23-7-6-21-5-4-11-30-28(21)32-23/h6-9,13-16,26,33H,4-5,10-12,17H2,1-3H3,(H,30,32)(H,35,36). The van der Waals surface area contributed by atoms with E-state index in [9.17, 15) is 18.3 Å². The lowest BCUT2D eigenvalue weighted by molar-refractivity contribution is -0.136. The maximum atomic E-state index is 13.2. The number of rotatable bonds is 10. The molecule has 4 aromatic rings. The molecule has 0 bridgehead atoms. The van der Waals surface area contributed by atoms with Gasteiger partial charge in [0, 0.05) is 24.0 Å². The van der Waals surface area contributed by atoms with E-state index in [0.717, 1.165) is 47.6 Å². The fourth-order valence-corrected chi connectivity index (χ4v) is 6.45. The zero-order chi connectivity index (χ0) is 28.4. The Balaban J connectivity index is 1.27. The molecule has 0 saturated heterocycles. The van der Waals surface area contributed by atoms with Crippen LogP contribution in [-0.2, 0) is 34.2 Å². The number of fused-ring (bicyclic) bond motifs is 2. The van der Waals surface area contributed by atoms with E-state index in [1.165, 1.54) is 10.2 Å². The highest BCUT2D eigenvalue weighted by Gasteiger charge is 2.34. The van der Waals surface area contributed by atoms with Crippen molar-refractivity contribution in [2.45, 2.75) is 51.8 Å². The molecular weight excluding hydrogens is 530 g/mol. The molecule has 3 heterocycles. The van der Waals surface area contributed by atoms with Gasteiger partial charge in [-0.3, -0.25) is 14.2 Å². The Morgan fingerprint density at radius 2 is 1.93 bits per heavy atom. The van der Waals surface area contributed by atoms with Crippen molar-refractivity contribution < 1.29 is 23.1 Å². The van der Waals surface area contributed by atoms with Gasteiger partial charge in [0.2, 0.25) is 10.0 Å². The molecule has 210 valence electrons. The number of aromatic nitrogens is 3. The molecule has 0 radical (unpaired) electrons. The van der Waals surface area contributed by atoms with Gasteiger partial charge in [0.25, 0.3) is 0 Å². The molecule has 0 amide bonds. The number of sulfonamides is 1. The van der Waals surface area contributed by atoms with Crippen LogP contribution in [0.5, 0.6) is 5.75 Å². The molecule has 1 aliphatic rings. The maximum Gasteiger partial charge on any atom is 0.325 e. The first-order valence-electron chi connectivity index (χ1n) is 13.2. The fourth-order valence-electron chi connectivity index (χ4n) is 5.10.